The van der Waals surface area contributed by atoms with Crippen molar-refractivity contribution in [3.8, 4) is 0 Å². The van der Waals surface area contributed by atoms with Crippen molar-refractivity contribution < 1.29 is 9.13 Å². The molecule has 1 aliphatic heterocycles. The molecule has 0 aromatic heterocycles. The summed E-state index contributed by atoms with van der Waals surface area (Å²) in [5.74, 6) is -0.124. The summed E-state index contributed by atoms with van der Waals surface area (Å²) < 4.78 is 20.6. The molecule has 0 aliphatic carbocycles. The number of nitrogens with one attached hydrogen (secondary N) is 1. The Balaban J connectivity index is 1.98. The van der Waals surface area contributed by atoms with Crippen LogP contribution in [0.4, 0.5) is 4.39 Å². The van der Waals surface area contributed by atoms with Crippen LogP contribution in [0.2, 0.25) is 0 Å². The second-order valence-corrected chi connectivity index (χ2v) is 6.33. The van der Waals surface area contributed by atoms with Crippen molar-refractivity contribution in [2.24, 2.45) is 0 Å². The normalized spacial score (nSPS) is 20.9. The SMILES string of the molecule is CCNC(Cc1cc(Br)ccc1F)CC1CCCCO1. The van der Waals surface area contributed by atoms with Gasteiger partial charge in [0, 0.05) is 17.1 Å². The molecule has 0 radical (unpaired) electrons. The van der Waals surface area contributed by atoms with Crippen molar-refractivity contribution in [1.82, 2.24) is 5.32 Å². The standard InChI is InChI=1S/C16H23BrFNO/c1-2-19-14(11-15-5-3-4-8-20-15)10-12-9-13(17)6-7-16(12)18/h6-7,9,14-15,19H,2-5,8,10-11H2,1H3. The van der Waals surface area contributed by atoms with Crippen molar-refractivity contribution in [2.75, 3.05) is 13.2 Å². The average molecular weight is 344 g/mol. The predicted molar refractivity (Wildman–Crippen MR) is 83.5 cm³/mol. The predicted octanol–water partition coefficient (Wildman–Crippen LogP) is 4.07. The fourth-order valence-corrected chi connectivity index (χ4v) is 3.21. The van der Waals surface area contributed by atoms with Crippen molar-refractivity contribution in [3.63, 3.8) is 0 Å². The highest BCUT2D eigenvalue weighted by atomic mass is 79.9. The zero-order valence-electron chi connectivity index (χ0n) is 12.0. The van der Waals surface area contributed by atoms with Gasteiger partial charge in [-0.1, -0.05) is 22.9 Å². The molecular weight excluding hydrogens is 321 g/mol. The lowest BCUT2D eigenvalue weighted by atomic mass is 9.96. The maximum atomic E-state index is 13.9. The highest BCUT2D eigenvalue weighted by Crippen LogP contribution is 2.21. The maximum absolute atomic E-state index is 13.9. The van der Waals surface area contributed by atoms with Crippen molar-refractivity contribution >= 4 is 15.9 Å². The summed E-state index contributed by atoms with van der Waals surface area (Å²) in [6, 6.07) is 5.42. The van der Waals surface area contributed by atoms with Gasteiger partial charge in [0.05, 0.1) is 6.10 Å². The summed E-state index contributed by atoms with van der Waals surface area (Å²) >= 11 is 3.41. The second-order valence-electron chi connectivity index (χ2n) is 5.42. The Morgan fingerprint density at radius 2 is 2.30 bits per heavy atom. The van der Waals surface area contributed by atoms with Gasteiger partial charge in [0.15, 0.2) is 0 Å². The van der Waals surface area contributed by atoms with Crippen molar-refractivity contribution in [2.45, 2.75) is 51.2 Å². The van der Waals surface area contributed by atoms with Crippen LogP contribution in [0.3, 0.4) is 0 Å². The Morgan fingerprint density at radius 3 is 3.00 bits per heavy atom. The minimum absolute atomic E-state index is 0.124. The van der Waals surface area contributed by atoms with E-state index in [1.165, 1.54) is 18.9 Å². The average Bonchev–Trinajstić information content (AvgIpc) is 2.44. The molecule has 112 valence electrons. The van der Waals surface area contributed by atoms with E-state index in [-0.39, 0.29) is 11.9 Å². The number of hydrogen-bond donors (Lipinski definition) is 1. The van der Waals surface area contributed by atoms with Crippen LogP contribution in [0, 0.1) is 5.82 Å². The fourth-order valence-electron chi connectivity index (χ4n) is 2.80. The van der Waals surface area contributed by atoms with Gasteiger partial charge in [-0.3, -0.25) is 0 Å². The van der Waals surface area contributed by atoms with Crippen LogP contribution in [0.15, 0.2) is 22.7 Å². The lowest BCUT2D eigenvalue weighted by Crippen LogP contribution is -2.36. The van der Waals surface area contributed by atoms with Crippen LogP contribution in [-0.2, 0) is 11.2 Å². The molecule has 2 atom stereocenters. The molecule has 0 spiro atoms. The zero-order chi connectivity index (χ0) is 14.4. The molecule has 1 aliphatic rings. The Hall–Kier alpha value is -0.450. The highest BCUT2D eigenvalue weighted by molar-refractivity contribution is 9.10. The van der Waals surface area contributed by atoms with Gasteiger partial charge in [0.2, 0.25) is 0 Å². The summed E-state index contributed by atoms with van der Waals surface area (Å²) in [6.07, 6.45) is 5.53. The van der Waals surface area contributed by atoms with Crippen LogP contribution in [-0.4, -0.2) is 25.3 Å². The Kier molecular flexibility index (Phi) is 6.46. The number of likely N-dealkylation sites (N-methyl/N-ethyl adjacent to an activating group) is 1. The maximum Gasteiger partial charge on any atom is 0.126 e. The molecule has 2 nitrogen and oxygen atoms in total. The van der Waals surface area contributed by atoms with E-state index in [9.17, 15) is 4.39 Å². The summed E-state index contributed by atoms with van der Waals surface area (Å²) in [6.45, 7) is 3.85. The summed E-state index contributed by atoms with van der Waals surface area (Å²) in [5, 5.41) is 3.46. The first-order chi connectivity index (χ1) is 9.69. The van der Waals surface area contributed by atoms with E-state index in [0.29, 0.717) is 12.5 Å². The molecule has 0 bridgehead atoms. The number of benzene rings is 1. The molecule has 1 saturated heterocycles. The van der Waals surface area contributed by atoms with Gasteiger partial charge in [-0.05, 0) is 62.4 Å². The van der Waals surface area contributed by atoms with Crippen molar-refractivity contribution in [3.05, 3.63) is 34.1 Å². The molecule has 1 aromatic carbocycles. The third-order valence-corrected chi connectivity index (χ3v) is 4.28. The Morgan fingerprint density at radius 1 is 1.45 bits per heavy atom. The van der Waals surface area contributed by atoms with E-state index < -0.39 is 0 Å². The lowest BCUT2D eigenvalue weighted by Gasteiger charge is -2.27. The molecule has 0 amide bonds. The number of ether oxygens (including phenoxy) is 1. The molecule has 20 heavy (non-hydrogen) atoms. The first kappa shape index (κ1) is 15.9. The second kappa shape index (κ2) is 8.11. The van der Waals surface area contributed by atoms with Crippen LogP contribution >= 0.6 is 15.9 Å². The lowest BCUT2D eigenvalue weighted by molar-refractivity contribution is 0.00530. The first-order valence-electron chi connectivity index (χ1n) is 7.48. The van der Waals surface area contributed by atoms with E-state index in [0.717, 1.165) is 36.0 Å². The van der Waals surface area contributed by atoms with Gasteiger partial charge in [0.25, 0.3) is 0 Å². The number of hydrogen-bond acceptors (Lipinski definition) is 2. The third-order valence-electron chi connectivity index (χ3n) is 3.79. The molecule has 1 N–H and O–H groups in total. The van der Waals surface area contributed by atoms with Crippen LogP contribution in [0.1, 0.15) is 38.2 Å². The van der Waals surface area contributed by atoms with Crippen LogP contribution < -0.4 is 5.32 Å². The topological polar surface area (TPSA) is 21.3 Å². The minimum Gasteiger partial charge on any atom is -0.378 e. The molecule has 0 saturated carbocycles. The van der Waals surface area contributed by atoms with Gasteiger partial charge in [-0.2, -0.15) is 0 Å². The Labute approximate surface area is 129 Å². The summed E-state index contributed by atoms with van der Waals surface area (Å²) in [7, 11) is 0. The monoisotopic (exact) mass is 343 g/mol. The summed E-state index contributed by atoms with van der Waals surface area (Å²) in [5.41, 5.74) is 0.765. The van der Waals surface area contributed by atoms with Gasteiger partial charge in [-0.25, -0.2) is 4.39 Å². The molecule has 1 heterocycles. The van der Waals surface area contributed by atoms with Crippen molar-refractivity contribution in [1.29, 1.82) is 0 Å². The van der Waals surface area contributed by atoms with E-state index in [2.05, 4.69) is 28.2 Å². The first-order valence-corrected chi connectivity index (χ1v) is 8.27. The van der Waals surface area contributed by atoms with Crippen LogP contribution in [0.25, 0.3) is 0 Å². The molecule has 4 heteroatoms. The fraction of sp³-hybridized carbons (Fsp3) is 0.625. The van der Waals surface area contributed by atoms with Gasteiger partial charge in [0.1, 0.15) is 5.82 Å². The zero-order valence-corrected chi connectivity index (χ0v) is 13.6. The smallest absolute Gasteiger partial charge is 0.126 e. The molecule has 1 fully saturated rings. The largest absolute Gasteiger partial charge is 0.378 e. The van der Waals surface area contributed by atoms with E-state index in [1.807, 2.05) is 6.07 Å². The van der Waals surface area contributed by atoms with E-state index in [1.54, 1.807) is 6.07 Å². The van der Waals surface area contributed by atoms with E-state index in [4.69, 9.17) is 4.74 Å². The van der Waals surface area contributed by atoms with Crippen LogP contribution in [0.5, 0.6) is 0 Å². The Bertz CT molecular complexity index is 421. The number of rotatable bonds is 6. The van der Waals surface area contributed by atoms with Gasteiger partial charge < -0.3 is 10.1 Å². The molecule has 2 rings (SSSR count). The highest BCUT2D eigenvalue weighted by Gasteiger charge is 2.20. The number of halogens is 2. The third kappa shape index (κ3) is 4.83. The molecular formula is C16H23BrFNO. The molecule has 2 unspecified atom stereocenters. The molecule has 1 aromatic rings. The quantitative estimate of drug-likeness (QED) is 0.840. The summed E-state index contributed by atoms with van der Waals surface area (Å²) in [4.78, 5) is 0. The van der Waals surface area contributed by atoms with E-state index >= 15 is 0 Å². The van der Waals surface area contributed by atoms with Gasteiger partial charge in [-0.15, -0.1) is 0 Å². The minimum atomic E-state index is -0.124. The van der Waals surface area contributed by atoms with Gasteiger partial charge >= 0.3 is 0 Å².